The fraction of sp³-hybridized carbons (Fsp3) is 0.933. The summed E-state index contributed by atoms with van der Waals surface area (Å²) in [6.07, 6.45) is 7.29. The van der Waals surface area contributed by atoms with Crippen LogP contribution in [0.1, 0.15) is 51.9 Å². The average Bonchev–Trinajstić information content (AvgIpc) is 2.44. The normalized spacial score (nSPS) is 21.1. The van der Waals surface area contributed by atoms with Crippen molar-refractivity contribution in [3.63, 3.8) is 0 Å². The smallest absolute Gasteiger partial charge is 0.220 e. The SMILES string of the molecule is CCCC(CCN)CCC(=O)NCC1CCCOC1. The molecule has 1 amide bonds. The molecule has 1 aliphatic rings. The Kier molecular flexibility index (Phi) is 8.84. The second-order valence-corrected chi connectivity index (χ2v) is 5.66. The van der Waals surface area contributed by atoms with Crippen molar-refractivity contribution in [2.45, 2.75) is 51.9 Å². The van der Waals surface area contributed by atoms with E-state index in [1.165, 1.54) is 19.3 Å². The number of carbonyl (C=O) groups excluding carboxylic acids is 1. The summed E-state index contributed by atoms with van der Waals surface area (Å²) in [5, 5.41) is 3.04. The molecule has 1 saturated heterocycles. The standard InChI is InChI=1S/C15H30N2O2/c1-2-4-13(8-9-16)6-7-15(18)17-11-14-5-3-10-19-12-14/h13-14H,2-12,16H2,1H3,(H,17,18). The molecule has 0 aromatic heterocycles. The number of nitrogens with one attached hydrogen (secondary N) is 1. The molecule has 3 N–H and O–H groups in total. The number of hydrogen-bond acceptors (Lipinski definition) is 3. The molecule has 2 unspecified atom stereocenters. The van der Waals surface area contributed by atoms with Crippen molar-refractivity contribution in [1.29, 1.82) is 0 Å². The second kappa shape index (κ2) is 10.2. The van der Waals surface area contributed by atoms with E-state index in [0.717, 1.165) is 45.6 Å². The summed E-state index contributed by atoms with van der Waals surface area (Å²) in [5.41, 5.74) is 5.61. The minimum Gasteiger partial charge on any atom is -0.381 e. The number of carbonyl (C=O) groups is 1. The Balaban J connectivity index is 2.11. The van der Waals surface area contributed by atoms with Gasteiger partial charge in [-0.15, -0.1) is 0 Å². The average molecular weight is 270 g/mol. The lowest BCUT2D eigenvalue weighted by molar-refractivity contribution is -0.121. The number of rotatable bonds is 9. The molecule has 1 rings (SSSR count). The highest BCUT2D eigenvalue weighted by atomic mass is 16.5. The molecular weight excluding hydrogens is 240 g/mol. The number of ether oxygens (including phenoxy) is 1. The van der Waals surface area contributed by atoms with Crippen LogP contribution >= 0.6 is 0 Å². The number of nitrogens with two attached hydrogens (primary N) is 1. The van der Waals surface area contributed by atoms with E-state index in [9.17, 15) is 4.79 Å². The van der Waals surface area contributed by atoms with Gasteiger partial charge < -0.3 is 15.8 Å². The van der Waals surface area contributed by atoms with Crippen LogP contribution in [0.25, 0.3) is 0 Å². The van der Waals surface area contributed by atoms with Crippen molar-refractivity contribution in [1.82, 2.24) is 5.32 Å². The zero-order chi connectivity index (χ0) is 13.9. The Morgan fingerprint density at radius 2 is 2.26 bits per heavy atom. The Morgan fingerprint density at radius 3 is 2.89 bits per heavy atom. The van der Waals surface area contributed by atoms with Crippen LogP contribution in [-0.2, 0) is 9.53 Å². The molecule has 1 fully saturated rings. The van der Waals surface area contributed by atoms with Gasteiger partial charge in [0.2, 0.25) is 5.91 Å². The summed E-state index contributed by atoms with van der Waals surface area (Å²) in [6, 6.07) is 0. The molecule has 1 heterocycles. The van der Waals surface area contributed by atoms with Crippen LogP contribution < -0.4 is 11.1 Å². The van der Waals surface area contributed by atoms with Crippen LogP contribution in [0.15, 0.2) is 0 Å². The third-order valence-electron chi connectivity index (χ3n) is 3.89. The molecule has 0 spiro atoms. The fourth-order valence-electron chi connectivity index (χ4n) is 2.73. The molecule has 0 saturated carbocycles. The minimum atomic E-state index is 0.184. The van der Waals surface area contributed by atoms with Gasteiger partial charge in [-0.2, -0.15) is 0 Å². The van der Waals surface area contributed by atoms with Gasteiger partial charge in [0.15, 0.2) is 0 Å². The van der Waals surface area contributed by atoms with Gasteiger partial charge in [0, 0.05) is 19.6 Å². The monoisotopic (exact) mass is 270 g/mol. The van der Waals surface area contributed by atoms with E-state index in [2.05, 4.69) is 12.2 Å². The second-order valence-electron chi connectivity index (χ2n) is 5.66. The van der Waals surface area contributed by atoms with Crippen molar-refractivity contribution in [3.05, 3.63) is 0 Å². The van der Waals surface area contributed by atoms with Gasteiger partial charge in [0.05, 0.1) is 6.61 Å². The molecule has 112 valence electrons. The first-order valence-corrected chi connectivity index (χ1v) is 7.80. The van der Waals surface area contributed by atoms with Crippen LogP contribution in [0.2, 0.25) is 0 Å². The lowest BCUT2D eigenvalue weighted by atomic mass is 9.94. The summed E-state index contributed by atoms with van der Waals surface area (Å²) in [7, 11) is 0. The third-order valence-corrected chi connectivity index (χ3v) is 3.89. The van der Waals surface area contributed by atoms with Crippen LogP contribution in [0, 0.1) is 11.8 Å². The lowest BCUT2D eigenvalue weighted by Crippen LogP contribution is -2.33. The minimum absolute atomic E-state index is 0.184. The van der Waals surface area contributed by atoms with Crippen molar-refractivity contribution >= 4 is 5.91 Å². The quantitative estimate of drug-likeness (QED) is 0.674. The molecular formula is C15H30N2O2. The van der Waals surface area contributed by atoms with E-state index in [0.29, 0.717) is 18.3 Å². The predicted octanol–water partition coefficient (Wildman–Crippen LogP) is 2.07. The molecule has 1 aliphatic heterocycles. The lowest BCUT2D eigenvalue weighted by Gasteiger charge is -2.22. The van der Waals surface area contributed by atoms with Crippen molar-refractivity contribution in [2.24, 2.45) is 17.6 Å². The molecule has 0 bridgehead atoms. The molecule has 0 aromatic carbocycles. The van der Waals surface area contributed by atoms with Gasteiger partial charge >= 0.3 is 0 Å². The molecule has 0 aromatic rings. The van der Waals surface area contributed by atoms with E-state index >= 15 is 0 Å². The highest BCUT2D eigenvalue weighted by molar-refractivity contribution is 5.75. The topological polar surface area (TPSA) is 64.4 Å². The molecule has 4 heteroatoms. The zero-order valence-corrected chi connectivity index (χ0v) is 12.3. The van der Waals surface area contributed by atoms with Gasteiger partial charge in [-0.1, -0.05) is 19.8 Å². The van der Waals surface area contributed by atoms with Gasteiger partial charge in [0.1, 0.15) is 0 Å². The number of amides is 1. The zero-order valence-electron chi connectivity index (χ0n) is 12.3. The summed E-state index contributed by atoms with van der Waals surface area (Å²) in [6.45, 7) is 5.36. The molecule has 19 heavy (non-hydrogen) atoms. The summed E-state index contributed by atoms with van der Waals surface area (Å²) in [5.74, 6) is 1.30. The first kappa shape index (κ1) is 16.4. The van der Waals surface area contributed by atoms with E-state index < -0.39 is 0 Å². The number of hydrogen-bond donors (Lipinski definition) is 2. The Labute approximate surface area is 117 Å². The summed E-state index contributed by atoms with van der Waals surface area (Å²) >= 11 is 0. The van der Waals surface area contributed by atoms with Crippen LogP contribution in [-0.4, -0.2) is 32.2 Å². The van der Waals surface area contributed by atoms with Gasteiger partial charge in [-0.25, -0.2) is 0 Å². The largest absolute Gasteiger partial charge is 0.381 e. The maximum Gasteiger partial charge on any atom is 0.220 e. The van der Waals surface area contributed by atoms with Gasteiger partial charge in [-0.05, 0) is 44.1 Å². The van der Waals surface area contributed by atoms with Gasteiger partial charge in [-0.3, -0.25) is 4.79 Å². The Morgan fingerprint density at radius 1 is 1.42 bits per heavy atom. The molecule has 2 atom stereocenters. The maximum absolute atomic E-state index is 11.8. The van der Waals surface area contributed by atoms with E-state index in [4.69, 9.17) is 10.5 Å². The third kappa shape index (κ3) is 7.53. The first-order chi connectivity index (χ1) is 9.26. The summed E-state index contributed by atoms with van der Waals surface area (Å²) < 4.78 is 5.41. The van der Waals surface area contributed by atoms with E-state index in [1.54, 1.807) is 0 Å². The van der Waals surface area contributed by atoms with Crippen LogP contribution in [0.4, 0.5) is 0 Å². The molecule has 4 nitrogen and oxygen atoms in total. The first-order valence-electron chi connectivity index (χ1n) is 7.80. The fourth-order valence-corrected chi connectivity index (χ4v) is 2.73. The van der Waals surface area contributed by atoms with Crippen LogP contribution in [0.3, 0.4) is 0 Å². The Hall–Kier alpha value is -0.610. The van der Waals surface area contributed by atoms with E-state index in [1.807, 2.05) is 0 Å². The van der Waals surface area contributed by atoms with Crippen molar-refractivity contribution in [2.75, 3.05) is 26.3 Å². The molecule has 0 radical (unpaired) electrons. The van der Waals surface area contributed by atoms with Crippen LogP contribution in [0.5, 0.6) is 0 Å². The van der Waals surface area contributed by atoms with Crippen molar-refractivity contribution in [3.8, 4) is 0 Å². The highest BCUT2D eigenvalue weighted by Crippen LogP contribution is 2.17. The van der Waals surface area contributed by atoms with E-state index in [-0.39, 0.29) is 5.91 Å². The maximum atomic E-state index is 11.8. The Bertz CT molecular complexity index is 234. The highest BCUT2D eigenvalue weighted by Gasteiger charge is 2.15. The predicted molar refractivity (Wildman–Crippen MR) is 77.9 cm³/mol. The summed E-state index contributed by atoms with van der Waals surface area (Å²) in [4.78, 5) is 11.8. The van der Waals surface area contributed by atoms with Crippen molar-refractivity contribution < 1.29 is 9.53 Å². The van der Waals surface area contributed by atoms with Gasteiger partial charge in [0.25, 0.3) is 0 Å². The molecule has 0 aliphatic carbocycles.